The molecule has 0 aromatic carbocycles. The lowest BCUT2D eigenvalue weighted by molar-refractivity contribution is -0.210. The fourth-order valence-electron chi connectivity index (χ4n) is 11.5. The molecule has 5 aliphatic rings. The van der Waals surface area contributed by atoms with E-state index in [4.69, 9.17) is 9.47 Å². The summed E-state index contributed by atoms with van der Waals surface area (Å²) in [7, 11) is 1.38. The Balaban J connectivity index is 1.44. The van der Waals surface area contributed by atoms with Gasteiger partial charge in [0.15, 0.2) is 5.78 Å². The maximum Gasteiger partial charge on any atom is 0.305 e. The molecule has 0 spiro atoms. The number of methoxy groups -OCH3 is 1. The number of carbonyl (C=O) groups excluding carboxylic acids is 4. The predicted molar refractivity (Wildman–Crippen MR) is 169 cm³/mol. The standard InChI is InChI=1S/C37H57NO6/c1-23(39)44-28-13-14-35(6)27(32(28,2)3)12-15-37(8)30(35)26(40)21-24-25-22-34(5,31(42)38-20-10-11-29(41)43-9)17-16-33(25,4)18-19-36(24,37)7/h21,25,27-28,30H,10-20,22H2,1-9H3,(H,38,42)/t25-,27-,28-,30+,33+,34-,35-,36+,37+/m0/s1. The van der Waals surface area contributed by atoms with Gasteiger partial charge in [-0.15, -0.1) is 0 Å². The zero-order valence-corrected chi connectivity index (χ0v) is 28.8. The van der Waals surface area contributed by atoms with Gasteiger partial charge in [-0.2, -0.15) is 0 Å². The Kier molecular flexibility index (Phi) is 8.27. The van der Waals surface area contributed by atoms with Crippen LogP contribution in [0.3, 0.4) is 0 Å². The molecule has 0 unspecified atom stereocenters. The summed E-state index contributed by atoms with van der Waals surface area (Å²) in [6, 6.07) is 0. The smallest absolute Gasteiger partial charge is 0.305 e. The van der Waals surface area contributed by atoms with Crippen LogP contribution < -0.4 is 5.32 Å². The maximum atomic E-state index is 14.6. The van der Waals surface area contributed by atoms with Crippen molar-refractivity contribution in [2.45, 2.75) is 132 Å². The Labute approximate surface area is 265 Å². The fraction of sp³-hybridized carbons (Fsp3) is 0.838. The van der Waals surface area contributed by atoms with E-state index in [1.807, 2.05) is 0 Å². The van der Waals surface area contributed by atoms with E-state index in [-0.39, 0.29) is 68.6 Å². The van der Waals surface area contributed by atoms with Crippen molar-refractivity contribution in [2.24, 2.45) is 50.2 Å². The van der Waals surface area contributed by atoms with Crippen molar-refractivity contribution in [3.05, 3.63) is 11.6 Å². The minimum atomic E-state index is -0.516. The molecule has 0 aliphatic heterocycles. The molecule has 1 N–H and O–H groups in total. The van der Waals surface area contributed by atoms with Crippen molar-refractivity contribution in [1.82, 2.24) is 5.32 Å². The number of hydrogen-bond donors (Lipinski definition) is 1. The van der Waals surface area contributed by atoms with Crippen LogP contribution in [0.1, 0.15) is 126 Å². The molecule has 4 saturated carbocycles. The average molecular weight is 612 g/mol. The summed E-state index contributed by atoms with van der Waals surface area (Å²) in [6.45, 7) is 18.2. The number of amides is 1. The third kappa shape index (κ3) is 4.89. The molecule has 0 saturated heterocycles. The van der Waals surface area contributed by atoms with Gasteiger partial charge in [0.2, 0.25) is 5.91 Å². The second-order valence-electron chi connectivity index (χ2n) is 17.1. The van der Waals surface area contributed by atoms with Crippen LogP contribution in [0.5, 0.6) is 0 Å². The first-order valence-corrected chi connectivity index (χ1v) is 17.2. The van der Waals surface area contributed by atoms with Gasteiger partial charge < -0.3 is 14.8 Å². The number of fused-ring (bicyclic) bond motifs is 7. The number of carbonyl (C=O) groups is 4. The summed E-state index contributed by atoms with van der Waals surface area (Å²) in [4.78, 5) is 51.7. The normalized spacial score (nSPS) is 44.1. The van der Waals surface area contributed by atoms with E-state index in [1.54, 1.807) is 0 Å². The lowest BCUT2D eigenvalue weighted by Crippen LogP contribution is -2.66. The fourth-order valence-corrected chi connectivity index (χ4v) is 11.5. The maximum absolute atomic E-state index is 14.6. The van der Waals surface area contributed by atoms with Gasteiger partial charge >= 0.3 is 11.9 Å². The van der Waals surface area contributed by atoms with Gasteiger partial charge in [0, 0.05) is 36.6 Å². The molecular formula is C37H57NO6. The third-order valence-electron chi connectivity index (χ3n) is 14.4. The highest BCUT2D eigenvalue weighted by atomic mass is 16.5. The molecule has 4 fully saturated rings. The Bertz CT molecular complexity index is 1250. The van der Waals surface area contributed by atoms with Crippen molar-refractivity contribution in [1.29, 1.82) is 0 Å². The van der Waals surface area contributed by atoms with Gasteiger partial charge in [0.1, 0.15) is 6.10 Å². The van der Waals surface area contributed by atoms with Gasteiger partial charge in [0.25, 0.3) is 0 Å². The van der Waals surface area contributed by atoms with E-state index >= 15 is 0 Å². The molecule has 9 atom stereocenters. The lowest BCUT2D eigenvalue weighted by Gasteiger charge is -2.70. The van der Waals surface area contributed by atoms with Gasteiger partial charge in [-0.05, 0) is 104 Å². The van der Waals surface area contributed by atoms with Crippen LogP contribution in [-0.4, -0.2) is 43.4 Å². The highest BCUT2D eigenvalue weighted by Crippen LogP contribution is 2.75. The van der Waals surface area contributed by atoms with E-state index < -0.39 is 5.41 Å². The quantitative estimate of drug-likeness (QED) is 0.257. The molecule has 246 valence electrons. The van der Waals surface area contributed by atoms with E-state index in [1.165, 1.54) is 19.6 Å². The summed E-state index contributed by atoms with van der Waals surface area (Å²) in [5, 5.41) is 3.12. The summed E-state index contributed by atoms with van der Waals surface area (Å²) >= 11 is 0. The van der Waals surface area contributed by atoms with Crippen LogP contribution in [-0.2, 0) is 28.7 Å². The summed E-state index contributed by atoms with van der Waals surface area (Å²) in [5.74, 6) is 0.261. The lowest BCUT2D eigenvalue weighted by atomic mass is 9.33. The number of allylic oxidation sites excluding steroid dienone is 2. The first-order valence-electron chi connectivity index (χ1n) is 17.2. The van der Waals surface area contributed by atoms with Crippen LogP contribution in [0, 0.1) is 50.2 Å². The Morgan fingerprint density at radius 1 is 0.932 bits per heavy atom. The van der Waals surface area contributed by atoms with Crippen molar-refractivity contribution >= 4 is 23.6 Å². The first kappa shape index (κ1) is 33.2. The number of rotatable bonds is 6. The molecule has 5 rings (SSSR count). The largest absolute Gasteiger partial charge is 0.469 e. The Morgan fingerprint density at radius 2 is 1.61 bits per heavy atom. The molecule has 0 heterocycles. The second kappa shape index (κ2) is 11.0. The van der Waals surface area contributed by atoms with Crippen LogP contribution in [0.15, 0.2) is 11.6 Å². The number of ether oxygens (including phenoxy) is 2. The van der Waals surface area contributed by atoms with Crippen LogP contribution in [0.2, 0.25) is 0 Å². The molecule has 0 bridgehead atoms. The summed E-state index contributed by atoms with van der Waals surface area (Å²) in [5.41, 5.74) is 0.204. The van der Waals surface area contributed by atoms with Crippen molar-refractivity contribution in [3.8, 4) is 0 Å². The van der Waals surface area contributed by atoms with Crippen LogP contribution in [0.4, 0.5) is 0 Å². The highest BCUT2D eigenvalue weighted by molar-refractivity contribution is 5.95. The van der Waals surface area contributed by atoms with E-state index in [0.717, 1.165) is 57.8 Å². The summed E-state index contributed by atoms with van der Waals surface area (Å²) in [6.07, 6.45) is 11.2. The van der Waals surface area contributed by atoms with Gasteiger partial charge in [-0.1, -0.05) is 54.0 Å². The Hall–Kier alpha value is -2.18. The molecule has 0 aromatic rings. The number of esters is 2. The minimum absolute atomic E-state index is 0.0586. The van der Waals surface area contributed by atoms with E-state index in [2.05, 4.69) is 59.9 Å². The van der Waals surface area contributed by atoms with Gasteiger partial charge in [0.05, 0.1) is 7.11 Å². The van der Waals surface area contributed by atoms with E-state index in [9.17, 15) is 19.2 Å². The van der Waals surface area contributed by atoms with Crippen molar-refractivity contribution in [3.63, 3.8) is 0 Å². The van der Waals surface area contributed by atoms with Crippen LogP contribution >= 0.6 is 0 Å². The molecule has 7 heteroatoms. The number of hydrogen-bond acceptors (Lipinski definition) is 6. The Morgan fingerprint density at radius 3 is 2.27 bits per heavy atom. The molecule has 1 amide bonds. The zero-order chi connectivity index (χ0) is 32.5. The summed E-state index contributed by atoms with van der Waals surface area (Å²) < 4.78 is 10.6. The SMILES string of the molecule is COC(=O)CCCNC(=O)[C@@]1(C)CC[C@]2(C)CC[C@]3(C)C(=CC(=O)[C@@H]4[C@@]5(C)CC[C@H](OC(C)=O)C(C)(C)[C@@H]5CC[C@]43C)[C@@H]2C1. The minimum Gasteiger partial charge on any atom is -0.469 e. The van der Waals surface area contributed by atoms with Gasteiger partial charge in [-0.3, -0.25) is 19.2 Å². The van der Waals surface area contributed by atoms with Crippen LogP contribution in [0.25, 0.3) is 0 Å². The molecule has 0 aromatic heterocycles. The second-order valence-corrected chi connectivity index (χ2v) is 17.1. The molecular weight excluding hydrogens is 554 g/mol. The monoisotopic (exact) mass is 611 g/mol. The molecule has 5 aliphatic carbocycles. The molecule has 7 nitrogen and oxygen atoms in total. The van der Waals surface area contributed by atoms with Crippen molar-refractivity contribution < 1.29 is 28.7 Å². The van der Waals surface area contributed by atoms with Crippen molar-refractivity contribution in [2.75, 3.05) is 13.7 Å². The first-order chi connectivity index (χ1) is 20.4. The van der Waals surface area contributed by atoms with Gasteiger partial charge in [-0.25, -0.2) is 0 Å². The topological polar surface area (TPSA) is 98.8 Å². The third-order valence-corrected chi connectivity index (χ3v) is 14.4. The zero-order valence-electron chi connectivity index (χ0n) is 28.8. The molecule has 44 heavy (non-hydrogen) atoms. The average Bonchev–Trinajstić information content (AvgIpc) is 2.94. The number of ketones is 1. The highest BCUT2D eigenvalue weighted by Gasteiger charge is 2.70. The predicted octanol–water partition coefficient (Wildman–Crippen LogP) is 6.97. The number of nitrogens with one attached hydrogen (secondary N) is 1. The van der Waals surface area contributed by atoms with E-state index in [0.29, 0.717) is 25.3 Å². The molecule has 0 radical (unpaired) electrons.